The first-order valence-electron chi connectivity index (χ1n) is 7.15. The maximum absolute atomic E-state index is 6.02. The molecule has 0 saturated heterocycles. The summed E-state index contributed by atoms with van der Waals surface area (Å²) in [5.41, 5.74) is 9.80. The van der Waals surface area contributed by atoms with Gasteiger partial charge in [-0.15, -0.1) is 0 Å². The molecular weight excluding hydrogens is 250 g/mol. The number of hydrogen-bond donors (Lipinski definition) is 1. The molecule has 0 spiro atoms. The van der Waals surface area contributed by atoms with Crippen LogP contribution in [0.25, 0.3) is 0 Å². The lowest BCUT2D eigenvalue weighted by molar-refractivity contribution is 0.337. The fourth-order valence-electron chi connectivity index (χ4n) is 2.16. The molecule has 0 amide bonds. The fourth-order valence-corrected chi connectivity index (χ4v) is 2.16. The largest absolute Gasteiger partial charge is 0.339 e. The Morgan fingerprint density at radius 1 is 1.25 bits per heavy atom. The third kappa shape index (κ3) is 3.25. The van der Waals surface area contributed by atoms with Gasteiger partial charge in [0.2, 0.25) is 5.89 Å². The second-order valence-corrected chi connectivity index (χ2v) is 5.51. The zero-order valence-electron chi connectivity index (χ0n) is 12.7. The average molecular weight is 273 g/mol. The van der Waals surface area contributed by atoms with Crippen LogP contribution >= 0.6 is 0 Å². The molecule has 2 rings (SSSR count). The van der Waals surface area contributed by atoms with E-state index in [0.29, 0.717) is 12.3 Å². The second kappa shape index (κ2) is 6.18. The summed E-state index contributed by atoms with van der Waals surface area (Å²) in [6.07, 6.45) is 1.59. The van der Waals surface area contributed by atoms with Crippen molar-refractivity contribution in [2.24, 2.45) is 5.73 Å². The van der Waals surface area contributed by atoms with Crippen molar-refractivity contribution in [1.82, 2.24) is 10.1 Å². The van der Waals surface area contributed by atoms with E-state index in [1.54, 1.807) is 0 Å². The van der Waals surface area contributed by atoms with Crippen LogP contribution < -0.4 is 5.73 Å². The molecule has 2 unspecified atom stereocenters. The first kappa shape index (κ1) is 14.7. The van der Waals surface area contributed by atoms with Gasteiger partial charge in [0, 0.05) is 12.5 Å². The topological polar surface area (TPSA) is 64.9 Å². The lowest BCUT2D eigenvalue weighted by Gasteiger charge is -2.13. The number of benzene rings is 1. The predicted molar refractivity (Wildman–Crippen MR) is 79.7 cm³/mol. The first-order chi connectivity index (χ1) is 9.51. The smallest absolute Gasteiger partial charge is 0.231 e. The van der Waals surface area contributed by atoms with Crippen LogP contribution in [-0.2, 0) is 6.42 Å². The minimum absolute atomic E-state index is 0.0601. The summed E-state index contributed by atoms with van der Waals surface area (Å²) in [4.78, 5) is 4.47. The molecule has 108 valence electrons. The highest BCUT2D eigenvalue weighted by atomic mass is 16.5. The molecule has 2 N–H and O–H groups in total. The Morgan fingerprint density at radius 3 is 2.65 bits per heavy atom. The maximum atomic E-state index is 6.02. The van der Waals surface area contributed by atoms with Gasteiger partial charge in [-0.25, -0.2) is 0 Å². The molecule has 0 bridgehead atoms. The Hall–Kier alpha value is -1.68. The number of nitrogens with two attached hydrogens (primary N) is 1. The average Bonchev–Trinajstić information content (AvgIpc) is 2.89. The van der Waals surface area contributed by atoms with E-state index in [1.807, 2.05) is 6.92 Å². The Labute approximate surface area is 120 Å². The molecule has 0 aliphatic rings. The lowest BCUT2D eigenvalue weighted by atomic mass is 10.0. The van der Waals surface area contributed by atoms with Crippen molar-refractivity contribution in [3.8, 4) is 0 Å². The number of hydrogen-bond acceptors (Lipinski definition) is 4. The van der Waals surface area contributed by atoms with Gasteiger partial charge < -0.3 is 10.3 Å². The monoisotopic (exact) mass is 273 g/mol. The minimum atomic E-state index is 0.0601. The fraction of sp³-hybridized carbons (Fsp3) is 0.500. The van der Waals surface area contributed by atoms with Crippen molar-refractivity contribution < 1.29 is 4.52 Å². The van der Waals surface area contributed by atoms with Gasteiger partial charge >= 0.3 is 0 Å². The molecule has 4 heteroatoms. The summed E-state index contributed by atoms with van der Waals surface area (Å²) in [6.45, 7) is 8.32. The zero-order chi connectivity index (χ0) is 14.7. The molecule has 1 aromatic heterocycles. The van der Waals surface area contributed by atoms with E-state index in [0.717, 1.165) is 12.2 Å². The summed E-state index contributed by atoms with van der Waals surface area (Å²) in [5.74, 6) is 1.46. The van der Waals surface area contributed by atoms with Crippen LogP contribution in [0.5, 0.6) is 0 Å². The van der Waals surface area contributed by atoms with Crippen molar-refractivity contribution >= 4 is 0 Å². The van der Waals surface area contributed by atoms with Gasteiger partial charge in [0.25, 0.3) is 0 Å². The zero-order valence-corrected chi connectivity index (χ0v) is 12.7. The van der Waals surface area contributed by atoms with Gasteiger partial charge in [0.1, 0.15) is 0 Å². The van der Waals surface area contributed by atoms with Crippen LogP contribution in [0.3, 0.4) is 0 Å². The van der Waals surface area contributed by atoms with E-state index in [4.69, 9.17) is 10.3 Å². The van der Waals surface area contributed by atoms with Crippen LogP contribution in [0.2, 0.25) is 0 Å². The second-order valence-electron chi connectivity index (χ2n) is 5.51. The minimum Gasteiger partial charge on any atom is -0.339 e. The summed E-state index contributed by atoms with van der Waals surface area (Å²) >= 11 is 0. The molecule has 0 aliphatic carbocycles. The van der Waals surface area contributed by atoms with E-state index in [-0.39, 0.29) is 12.0 Å². The van der Waals surface area contributed by atoms with Gasteiger partial charge in [0.15, 0.2) is 5.82 Å². The molecule has 4 nitrogen and oxygen atoms in total. The Kier molecular flexibility index (Phi) is 4.55. The molecular formula is C16H23N3O. The van der Waals surface area contributed by atoms with Crippen molar-refractivity contribution in [1.29, 1.82) is 0 Å². The van der Waals surface area contributed by atoms with E-state index in [1.165, 1.54) is 16.7 Å². The van der Waals surface area contributed by atoms with Crippen LogP contribution in [0.4, 0.5) is 0 Å². The molecule has 0 fully saturated rings. The number of nitrogens with zero attached hydrogens (tertiary/aromatic N) is 2. The van der Waals surface area contributed by atoms with Crippen molar-refractivity contribution in [3.05, 3.63) is 46.6 Å². The highest BCUT2D eigenvalue weighted by Gasteiger charge is 2.19. The molecule has 0 radical (unpaired) electrons. The third-order valence-electron chi connectivity index (χ3n) is 3.92. The summed E-state index contributed by atoms with van der Waals surface area (Å²) < 4.78 is 5.33. The lowest BCUT2D eigenvalue weighted by Crippen LogP contribution is -2.25. The highest BCUT2D eigenvalue weighted by molar-refractivity contribution is 5.31. The SMILES string of the molecule is CCC(N)C(C)c1nc(Cc2ccc(C)c(C)c2)no1. The highest BCUT2D eigenvalue weighted by Crippen LogP contribution is 2.19. The molecule has 20 heavy (non-hydrogen) atoms. The number of aromatic nitrogens is 2. The van der Waals surface area contributed by atoms with Gasteiger partial charge in [-0.05, 0) is 37.0 Å². The van der Waals surface area contributed by atoms with Gasteiger partial charge in [-0.1, -0.05) is 37.2 Å². The van der Waals surface area contributed by atoms with E-state index in [9.17, 15) is 0 Å². The van der Waals surface area contributed by atoms with E-state index in [2.05, 4.69) is 49.1 Å². The molecule has 1 aromatic carbocycles. The maximum Gasteiger partial charge on any atom is 0.231 e. The molecule has 0 aliphatic heterocycles. The van der Waals surface area contributed by atoms with Crippen LogP contribution in [0.15, 0.2) is 22.7 Å². The van der Waals surface area contributed by atoms with E-state index >= 15 is 0 Å². The van der Waals surface area contributed by atoms with E-state index < -0.39 is 0 Å². The number of rotatable bonds is 5. The number of aryl methyl sites for hydroxylation is 2. The quantitative estimate of drug-likeness (QED) is 0.909. The van der Waals surface area contributed by atoms with Crippen LogP contribution in [0.1, 0.15) is 54.6 Å². The Morgan fingerprint density at radius 2 is 2.00 bits per heavy atom. The van der Waals surface area contributed by atoms with Crippen molar-refractivity contribution in [2.75, 3.05) is 0 Å². The van der Waals surface area contributed by atoms with Gasteiger partial charge in [0.05, 0.1) is 5.92 Å². The molecule has 2 aromatic rings. The molecule has 0 saturated carbocycles. The summed E-state index contributed by atoms with van der Waals surface area (Å²) in [5, 5.41) is 4.06. The van der Waals surface area contributed by atoms with Crippen LogP contribution in [-0.4, -0.2) is 16.2 Å². The third-order valence-corrected chi connectivity index (χ3v) is 3.92. The van der Waals surface area contributed by atoms with Crippen molar-refractivity contribution in [2.45, 2.75) is 52.5 Å². The molecule has 2 atom stereocenters. The Bertz CT molecular complexity index is 577. The Balaban J connectivity index is 2.11. The van der Waals surface area contributed by atoms with Gasteiger partial charge in [-0.3, -0.25) is 0 Å². The van der Waals surface area contributed by atoms with Gasteiger partial charge in [-0.2, -0.15) is 4.98 Å². The summed E-state index contributed by atoms with van der Waals surface area (Å²) in [7, 11) is 0. The van der Waals surface area contributed by atoms with Crippen LogP contribution in [0, 0.1) is 13.8 Å². The normalized spacial score (nSPS) is 14.2. The molecule has 1 heterocycles. The summed E-state index contributed by atoms with van der Waals surface area (Å²) in [6, 6.07) is 6.47. The van der Waals surface area contributed by atoms with Crippen molar-refractivity contribution in [3.63, 3.8) is 0 Å². The standard InChI is InChI=1S/C16H23N3O/c1-5-14(17)12(4)16-18-15(19-20-16)9-13-7-6-10(2)11(3)8-13/h6-8,12,14H,5,9,17H2,1-4H3. The first-order valence-corrected chi connectivity index (χ1v) is 7.15. The predicted octanol–water partition coefficient (Wildman–Crippen LogP) is 3.12.